The Morgan fingerprint density at radius 2 is 1.60 bits per heavy atom. The van der Waals surface area contributed by atoms with Gasteiger partial charge in [-0.3, -0.25) is 15.0 Å². The number of carbonyl (C=O) groups is 2. The van der Waals surface area contributed by atoms with E-state index in [2.05, 4.69) is 58.9 Å². The third-order valence-corrected chi connectivity index (χ3v) is 16.6. The first kappa shape index (κ1) is 40.5. The van der Waals surface area contributed by atoms with E-state index in [1.54, 1.807) is 29.3 Å². The first-order valence-electron chi connectivity index (χ1n) is 23.8. The molecule has 3 aromatic heterocycles. The number of halogens is 1. The number of carbonyl (C=O) groups excluding carboxylic acids is 2. The number of fused-ring (bicyclic) bond motifs is 4. The Hall–Kier alpha value is -5.96. The molecule has 65 heavy (non-hydrogen) atoms. The van der Waals surface area contributed by atoms with E-state index in [-0.39, 0.29) is 35.6 Å². The van der Waals surface area contributed by atoms with Gasteiger partial charge >= 0.3 is 6.03 Å². The number of amides is 3. The first-order chi connectivity index (χ1) is 31.5. The molecule has 4 N–H and O–H groups in total. The number of piperazine rings is 1. The highest BCUT2D eigenvalue weighted by molar-refractivity contribution is 6.06. The fourth-order valence-corrected chi connectivity index (χ4v) is 13.3. The minimum atomic E-state index is -0.381. The number of aromatic hydroxyl groups is 1. The van der Waals surface area contributed by atoms with Gasteiger partial charge in [0, 0.05) is 86.6 Å². The highest BCUT2D eigenvalue weighted by Gasteiger charge is 2.48. The Kier molecular flexibility index (Phi) is 9.73. The molecule has 12 rings (SSSR count). The van der Waals surface area contributed by atoms with Gasteiger partial charge in [-0.1, -0.05) is 12.1 Å². The summed E-state index contributed by atoms with van der Waals surface area (Å²) in [4.78, 5) is 40.5. The Morgan fingerprint density at radius 3 is 2.34 bits per heavy atom. The minimum Gasteiger partial charge on any atom is -0.507 e. The molecule has 5 atom stereocenters. The number of nitrogens with one attached hydrogen (secondary N) is 1. The van der Waals surface area contributed by atoms with Crippen LogP contribution in [0, 0.1) is 35.9 Å². The summed E-state index contributed by atoms with van der Waals surface area (Å²) in [7, 11) is 0. The predicted octanol–water partition coefficient (Wildman–Crippen LogP) is 7.11. The molecule has 15 heteroatoms. The number of hydrogen-bond acceptors (Lipinski definition) is 11. The van der Waals surface area contributed by atoms with E-state index in [1.165, 1.54) is 58.2 Å². The van der Waals surface area contributed by atoms with Crippen molar-refractivity contribution in [1.82, 2.24) is 30.0 Å². The summed E-state index contributed by atoms with van der Waals surface area (Å²) in [6.07, 6.45) is 13.7. The number of piperidine rings is 1. The van der Waals surface area contributed by atoms with Gasteiger partial charge in [0.2, 0.25) is 5.91 Å². The number of para-hydroxylation sites is 1. The van der Waals surface area contributed by atoms with Crippen LogP contribution in [0.15, 0.2) is 67.0 Å². The van der Waals surface area contributed by atoms with Crippen LogP contribution in [0.5, 0.6) is 5.75 Å². The summed E-state index contributed by atoms with van der Waals surface area (Å²) in [6, 6.07) is 17.5. The van der Waals surface area contributed by atoms with E-state index in [4.69, 9.17) is 10.7 Å². The van der Waals surface area contributed by atoms with Crippen LogP contribution in [0.25, 0.3) is 22.3 Å². The maximum absolute atomic E-state index is 15.7. The lowest BCUT2D eigenvalue weighted by Crippen LogP contribution is -2.54. The third kappa shape index (κ3) is 7.12. The highest BCUT2D eigenvalue weighted by Crippen LogP contribution is 2.56. The number of likely N-dealkylation sites (tertiary alicyclic amines) is 1. The van der Waals surface area contributed by atoms with Gasteiger partial charge in [0.1, 0.15) is 17.2 Å². The second-order valence-corrected chi connectivity index (χ2v) is 20.5. The van der Waals surface area contributed by atoms with Gasteiger partial charge < -0.3 is 35.0 Å². The molecule has 2 aliphatic carbocycles. The van der Waals surface area contributed by atoms with Gasteiger partial charge in [-0.25, -0.2) is 14.2 Å². The van der Waals surface area contributed by atoms with Crippen molar-refractivity contribution in [2.45, 2.75) is 82.8 Å². The summed E-state index contributed by atoms with van der Waals surface area (Å²) >= 11 is 0. The van der Waals surface area contributed by atoms with Crippen molar-refractivity contribution in [3.63, 3.8) is 0 Å². The molecular weight excluding hydrogens is 822 g/mol. The molecular formula is C50H58FN11O3. The van der Waals surface area contributed by atoms with Crippen molar-refractivity contribution in [2.24, 2.45) is 23.2 Å². The van der Waals surface area contributed by atoms with Gasteiger partial charge in [0.05, 0.1) is 29.0 Å². The smallest absolute Gasteiger partial charge is 0.328 e. The monoisotopic (exact) mass is 879 g/mol. The van der Waals surface area contributed by atoms with E-state index < -0.39 is 0 Å². The molecule has 2 saturated carbocycles. The van der Waals surface area contributed by atoms with Crippen LogP contribution in [0.4, 0.5) is 37.8 Å². The molecule has 14 nitrogen and oxygen atoms in total. The zero-order chi connectivity index (χ0) is 44.1. The standard InChI is InChI=1S/C50H58FN11O3/c1-30-24-61(48-40(30)18-37(23-53-48)60-13-10-46(64)54-49(60)65)38-21-50(22-38)11-14-57(15-12-50)25-31-16-32-26-58(27-33(32)17-31)43-19-34(8-9-41(43)51)62-35-6-7-36(62)29-59(28-35)44-20-42(55-56-47(44)52)39-4-2-3-5-45(39)63/h2-5,8-9,18-20,23-24,31-33,35-36,38,63H,6-7,10-17,21-22,25-29H2,1H3,(H2,52,56)(H,54,64,65)/t31?,32-,33+,35?,36?. The van der Waals surface area contributed by atoms with Gasteiger partial charge in [0.15, 0.2) is 5.82 Å². The van der Waals surface area contributed by atoms with Gasteiger partial charge in [0.25, 0.3) is 0 Å². The van der Waals surface area contributed by atoms with Crippen LogP contribution in [0.1, 0.15) is 69.4 Å². The second-order valence-electron chi connectivity index (χ2n) is 20.5. The SMILES string of the molecule is Cc1cn(C2CC3(CCN(CC4C[C@@H]5CN(c6cc(N7C8CCC7CN(c7cc(-c9ccccc9O)nnc7N)C8)ccc6F)C[C@@H]5C4)CC3)C2)c2ncc(N3CCC(=O)NC3=O)cc12. The molecule has 2 aromatic carbocycles. The number of aryl methyl sites for hydroxylation is 1. The van der Waals surface area contributed by atoms with Gasteiger partial charge in [-0.15, -0.1) is 10.2 Å². The summed E-state index contributed by atoms with van der Waals surface area (Å²) in [5.41, 5.74) is 13.6. The van der Waals surface area contributed by atoms with Crippen molar-refractivity contribution in [2.75, 3.05) is 77.7 Å². The number of urea groups is 1. The first-order valence-corrected chi connectivity index (χ1v) is 23.8. The number of anilines is 5. The quantitative estimate of drug-likeness (QED) is 0.146. The topological polar surface area (TPSA) is 152 Å². The number of nitrogen functional groups attached to an aromatic ring is 1. The van der Waals surface area contributed by atoms with E-state index in [0.29, 0.717) is 59.3 Å². The number of rotatable bonds is 8. The molecule has 3 amide bonds. The Balaban J connectivity index is 0.637. The molecule has 7 fully saturated rings. The van der Waals surface area contributed by atoms with Gasteiger partial charge in [-0.2, -0.15) is 0 Å². The molecule has 8 heterocycles. The minimum absolute atomic E-state index is 0.127. The molecule has 5 aliphatic heterocycles. The van der Waals surface area contributed by atoms with Crippen molar-refractivity contribution < 1.29 is 19.1 Å². The van der Waals surface area contributed by atoms with Crippen LogP contribution in [-0.4, -0.2) is 106 Å². The Bertz CT molecular complexity index is 2660. The van der Waals surface area contributed by atoms with E-state index in [0.717, 1.165) is 78.4 Å². The number of phenolic OH excluding ortho intramolecular Hbond substituents is 1. The lowest BCUT2D eigenvalue weighted by Gasteiger charge is -2.53. The Labute approximate surface area is 378 Å². The summed E-state index contributed by atoms with van der Waals surface area (Å²) in [5.74, 6) is 2.11. The third-order valence-electron chi connectivity index (χ3n) is 16.6. The number of phenols is 1. The van der Waals surface area contributed by atoms with Crippen molar-refractivity contribution in [1.29, 1.82) is 0 Å². The largest absolute Gasteiger partial charge is 0.507 e. The maximum atomic E-state index is 15.7. The molecule has 3 unspecified atom stereocenters. The Morgan fingerprint density at radius 1 is 0.862 bits per heavy atom. The summed E-state index contributed by atoms with van der Waals surface area (Å²) in [6.45, 7) is 9.42. The van der Waals surface area contributed by atoms with Crippen LogP contribution in [-0.2, 0) is 4.79 Å². The van der Waals surface area contributed by atoms with E-state index in [9.17, 15) is 14.7 Å². The van der Waals surface area contributed by atoms with Gasteiger partial charge in [-0.05, 0) is 143 Å². The van der Waals surface area contributed by atoms with E-state index in [1.807, 2.05) is 30.3 Å². The predicted molar refractivity (Wildman–Crippen MR) is 250 cm³/mol. The molecule has 2 bridgehead atoms. The van der Waals surface area contributed by atoms with Crippen molar-refractivity contribution in [3.05, 3.63) is 78.4 Å². The molecule has 0 radical (unpaired) electrons. The number of imide groups is 1. The fraction of sp³-hybridized carbons (Fsp3) is 0.500. The lowest BCUT2D eigenvalue weighted by molar-refractivity contribution is -0.120. The molecule has 1 spiro atoms. The average molecular weight is 880 g/mol. The van der Waals surface area contributed by atoms with Crippen LogP contribution < -0.4 is 30.7 Å². The maximum Gasteiger partial charge on any atom is 0.328 e. The highest BCUT2D eigenvalue weighted by atomic mass is 19.1. The number of hydrogen-bond donors (Lipinski definition) is 3. The lowest BCUT2D eigenvalue weighted by atomic mass is 9.60. The molecule has 5 aromatic rings. The number of nitrogens with zero attached hydrogens (tertiary/aromatic N) is 9. The van der Waals surface area contributed by atoms with Crippen molar-refractivity contribution >= 4 is 51.5 Å². The van der Waals surface area contributed by atoms with Crippen molar-refractivity contribution in [3.8, 4) is 17.0 Å². The zero-order valence-electron chi connectivity index (χ0n) is 37.1. The van der Waals surface area contributed by atoms with Crippen LogP contribution in [0.2, 0.25) is 0 Å². The number of benzene rings is 2. The molecule has 338 valence electrons. The zero-order valence-corrected chi connectivity index (χ0v) is 37.1. The normalized spacial score (nSPS) is 26.6. The summed E-state index contributed by atoms with van der Waals surface area (Å²) in [5, 5.41) is 22.5. The fourth-order valence-electron chi connectivity index (χ4n) is 13.3. The van der Waals surface area contributed by atoms with Crippen LogP contribution in [0.3, 0.4) is 0 Å². The number of aromatic nitrogens is 4. The van der Waals surface area contributed by atoms with Crippen LogP contribution >= 0.6 is 0 Å². The average Bonchev–Trinajstić information content (AvgIpc) is 4.02. The number of nitrogens with two attached hydrogens (primary N) is 1. The molecule has 7 aliphatic rings. The van der Waals surface area contributed by atoms with E-state index >= 15 is 4.39 Å². The second kappa shape index (κ2) is 15.6. The summed E-state index contributed by atoms with van der Waals surface area (Å²) < 4.78 is 18.1. The number of pyridine rings is 1. The molecule has 5 saturated heterocycles.